The van der Waals surface area contributed by atoms with Gasteiger partial charge in [0.1, 0.15) is 0 Å². The van der Waals surface area contributed by atoms with Crippen LogP contribution in [0, 0.1) is 10.1 Å². The molecule has 0 spiro atoms. The maximum absolute atomic E-state index is 13.0. The number of nitro benzene ring substituents is 1. The largest absolute Gasteiger partial charge is 0.339 e. The molecule has 0 bridgehead atoms. The normalized spacial score (nSPS) is 14.9. The predicted molar refractivity (Wildman–Crippen MR) is 109 cm³/mol. The SMILES string of the molecule is CN(C(=O)c1ccccc1NS(=O)(=O)c1ccc([N+](=O)[O-])cc1)C1CCCCC1. The van der Waals surface area contributed by atoms with Crippen molar-refractivity contribution < 1.29 is 18.1 Å². The molecular formula is C20H23N3O5S. The number of nitro groups is 1. The molecule has 1 fully saturated rings. The summed E-state index contributed by atoms with van der Waals surface area (Å²) in [7, 11) is -2.26. The standard InChI is InChI=1S/C20H23N3O5S/c1-22(15-7-3-2-4-8-15)20(24)18-9-5-6-10-19(18)21-29(27,28)17-13-11-16(12-14-17)23(25)26/h5-6,9-15,21H,2-4,7-8H2,1H3. The Morgan fingerprint density at radius 1 is 1.07 bits per heavy atom. The Hall–Kier alpha value is -2.94. The van der Waals surface area contributed by atoms with Crippen LogP contribution >= 0.6 is 0 Å². The van der Waals surface area contributed by atoms with Crippen molar-refractivity contribution in [3.8, 4) is 0 Å². The number of benzene rings is 2. The summed E-state index contributed by atoms with van der Waals surface area (Å²) in [4.78, 5) is 24.8. The van der Waals surface area contributed by atoms with Crippen molar-refractivity contribution in [2.24, 2.45) is 0 Å². The van der Waals surface area contributed by atoms with Gasteiger partial charge in [-0.2, -0.15) is 0 Å². The molecule has 8 nitrogen and oxygen atoms in total. The Kier molecular flexibility index (Phi) is 6.17. The molecule has 1 N–H and O–H groups in total. The Labute approximate surface area is 169 Å². The molecular weight excluding hydrogens is 394 g/mol. The highest BCUT2D eigenvalue weighted by Crippen LogP contribution is 2.26. The molecule has 1 aliphatic carbocycles. The monoisotopic (exact) mass is 417 g/mol. The first-order valence-corrected chi connectivity index (χ1v) is 10.9. The third kappa shape index (κ3) is 4.73. The van der Waals surface area contributed by atoms with Gasteiger partial charge in [-0.15, -0.1) is 0 Å². The molecule has 9 heteroatoms. The highest BCUT2D eigenvalue weighted by atomic mass is 32.2. The molecule has 154 valence electrons. The third-order valence-corrected chi connectivity index (χ3v) is 6.58. The van der Waals surface area contributed by atoms with E-state index in [-0.39, 0.29) is 33.8 Å². The number of amides is 1. The van der Waals surface area contributed by atoms with E-state index in [1.807, 2.05) is 0 Å². The minimum atomic E-state index is -4.01. The lowest BCUT2D eigenvalue weighted by Crippen LogP contribution is -2.38. The van der Waals surface area contributed by atoms with Crippen LogP contribution < -0.4 is 4.72 Å². The Morgan fingerprint density at radius 3 is 2.31 bits per heavy atom. The van der Waals surface area contributed by atoms with Crippen LogP contribution in [0.5, 0.6) is 0 Å². The van der Waals surface area contributed by atoms with Crippen LogP contribution in [0.1, 0.15) is 42.5 Å². The smallest absolute Gasteiger partial charge is 0.269 e. The van der Waals surface area contributed by atoms with Crippen LogP contribution in [-0.2, 0) is 10.0 Å². The zero-order valence-corrected chi connectivity index (χ0v) is 16.9. The average Bonchev–Trinajstić information content (AvgIpc) is 2.73. The van der Waals surface area contributed by atoms with Crippen molar-refractivity contribution in [3.63, 3.8) is 0 Å². The van der Waals surface area contributed by atoms with Gasteiger partial charge in [0.15, 0.2) is 0 Å². The van der Waals surface area contributed by atoms with E-state index in [0.29, 0.717) is 0 Å². The minimum Gasteiger partial charge on any atom is -0.339 e. The second kappa shape index (κ2) is 8.60. The zero-order valence-electron chi connectivity index (χ0n) is 16.1. The van der Waals surface area contributed by atoms with Gasteiger partial charge >= 0.3 is 0 Å². The summed E-state index contributed by atoms with van der Waals surface area (Å²) in [5.74, 6) is -0.237. The molecule has 0 radical (unpaired) electrons. The van der Waals surface area contributed by atoms with Crippen LogP contribution in [0.15, 0.2) is 53.4 Å². The first-order valence-electron chi connectivity index (χ1n) is 9.43. The van der Waals surface area contributed by atoms with E-state index in [9.17, 15) is 23.3 Å². The van der Waals surface area contributed by atoms with Crippen LogP contribution in [0.2, 0.25) is 0 Å². The van der Waals surface area contributed by atoms with Crippen molar-refractivity contribution >= 4 is 27.3 Å². The Bertz CT molecular complexity index is 999. The van der Waals surface area contributed by atoms with Gasteiger partial charge in [0.05, 0.1) is 21.1 Å². The van der Waals surface area contributed by atoms with E-state index in [4.69, 9.17) is 0 Å². The summed E-state index contributed by atoms with van der Waals surface area (Å²) in [5.41, 5.74) is 0.248. The van der Waals surface area contributed by atoms with Gasteiger partial charge in [-0.05, 0) is 37.1 Å². The zero-order chi connectivity index (χ0) is 21.0. The Balaban J connectivity index is 1.84. The third-order valence-electron chi connectivity index (χ3n) is 5.20. The summed E-state index contributed by atoms with van der Waals surface area (Å²) in [6.07, 6.45) is 5.22. The first-order chi connectivity index (χ1) is 13.8. The van der Waals surface area contributed by atoms with Gasteiger partial charge in [0, 0.05) is 25.2 Å². The number of anilines is 1. The van der Waals surface area contributed by atoms with Gasteiger partial charge in [-0.1, -0.05) is 31.4 Å². The maximum atomic E-state index is 13.0. The molecule has 1 aliphatic rings. The number of nitrogens with zero attached hydrogens (tertiary/aromatic N) is 2. The fourth-order valence-corrected chi connectivity index (χ4v) is 4.61. The van der Waals surface area contributed by atoms with Gasteiger partial charge in [0.2, 0.25) is 0 Å². The molecule has 2 aromatic rings. The molecule has 0 heterocycles. The summed E-state index contributed by atoms with van der Waals surface area (Å²) in [5, 5.41) is 10.8. The van der Waals surface area contributed by atoms with E-state index in [2.05, 4.69) is 4.72 Å². The number of nitrogens with one attached hydrogen (secondary N) is 1. The molecule has 0 atom stereocenters. The van der Waals surface area contributed by atoms with Crippen LogP contribution in [0.4, 0.5) is 11.4 Å². The fourth-order valence-electron chi connectivity index (χ4n) is 3.53. The van der Waals surface area contributed by atoms with Crippen LogP contribution in [0.25, 0.3) is 0 Å². The van der Waals surface area contributed by atoms with Crippen molar-refractivity contribution in [1.29, 1.82) is 0 Å². The van der Waals surface area contributed by atoms with E-state index in [0.717, 1.165) is 37.8 Å². The molecule has 29 heavy (non-hydrogen) atoms. The van der Waals surface area contributed by atoms with E-state index in [1.54, 1.807) is 30.1 Å². The lowest BCUT2D eigenvalue weighted by Gasteiger charge is -2.31. The van der Waals surface area contributed by atoms with Crippen molar-refractivity contribution in [1.82, 2.24) is 4.90 Å². The number of carbonyl (C=O) groups excluding carboxylic acids is 1. The minimum absolute atomic E-state index is 0.119. The number of hydrogen-bond donors (Lipinski definition) is 1. The Morgan fingerprint density at radius 2 is 1.69 bits per heavy atom. The van der Waals surface area contributed by atoms with Gasteiger partial charge in [-0.3, -0.25) is 19.6 Å². The number of para-hydroxylation sites is 1. The van der Waals surface area contributed by atoms with Gasteiger partial charge in [-0.25, -0.2) is 8.42 Å². The quantitative estimate of drug-likeness (QED) is 0.568. The first kappa shape index (κ1) is 20.8. The van der Waals surface area contributed by atoms with Crippen LogP contribution in [0.3, 0.4) is 0 Å². The summed E-state index contributed by atoms with van der Waals surface area (Å²) >= 11 is 0. The van der Waals surface area contributed by atoms with Crippen molar-refractivity contribution in [2.45, 2.75) is 43.0 Å². The summed E-state index contributed by atoms with van der Waals surface area (Å²) < 4.78 is 27.9. The summed E-state index contributed by atoms with van der Waals surface area (Å²) in [6.45, 7) is 0. The topological polar surface area (TPSA) is 110 Å². The molecule has 0 saturated heterocycles. The van der Waals surface area contributed by atoms with E-state index in [1.165, 1.54) is 24.6 Å². The van der Waals surface area contributed by atoms with Crippen LogP contribution in [-0.4, -0.2) is 37.2 Å². The van der Waals surface area contributed by atoms with E-state index < -0.39 is 14.9 Å². The lowest BCUT2D eigenvalue weighted by atomic mass is 9.94. The van der Waals surface area contributed by atoms with Crippen molar-refractivity contribution in [2.75, 3.05) is 11.8 Å². The number of non-ortho nitro benzene ring substituents is 1. The number of hydrogen-bond acceptors (Lipinski definition) is 5. The fraction of sp³-hybridized carbons (Fsp3) is 0.350. The number of rotatable bonds is 6. The van der Waals surface area contributed by atoms with E-state index >= 15 is 0 Å². The molecule has 1 saturated carbocycles. The lowest BCUT2D eigenvalue weighted by molar-refractivity contribution is -0.384. The average molecular weight is 417 g/mol. The van der Waals surface area contributed by atoms with Crippen molar-refractivity contribution in [3.05, 3.63) is 64.2 Å². The highest BCUT2D eigenvalue weighted by Gasteiger charge is 2.26. The molecule has 0 aliphatic heterocycles. The predicted octanol–water partition coefficient (Wildman–Crippen LogP) is 3.80. The highest BCUT2D eigenvalue weighted by molar-refractivity contribution is 7.92. The van der Waals surface area contributed by atoms with Gasteiger partial charge in [0.25, 0.3) is 21.6 Å². The molecule has 2 aromatic carbocycles. The maximum Gasteiger partial charge on any atom is 0.269 e. The number of sulfonamides is 1. The molecule has 3 rings (SSSR count). The number of carbonyl (C=O) groups is 1. The van der Waals surface area contributed by atoms with Gasteiger partial charge < -0.3 is 4.90 Å². The second-order valence-electron chi connectivity index (χ2n) is 7.11. The molecule has 1 amide bonds. The summed E-state index contributed by atoms with van der Waals surface area (Å²) in [6, 6.07) is 11.2. The second-order valence-corrected chi connectivity index (χ2v) is 8.79. The molecule has 0 aromatic heterocycles. The molecule has 0 unspecified atom stereocenters.